The summed E-state index contributed by atoms with van der Waals surface area (Å²) in [5.41, 5.74) is 0. The van der Waals surface area contributed by atoms with Gasteiger partial charge in [-0.05, 0) is 43.6 Å². The standard InChI is InChI=1S/C16H26N2OS/c1-3-10-17-16(19)12(2)18-15(13-7-4-5-8-13)14-9-6-11-20-14/h6,9,11-13,15,18H,3-5,7-8,10H2,1-2H3,(H,17,19). The second kappa shape index (κ2) is 7.79. The number of nitrogens with one attached hydrogen (secondary N) is 2. The summed E-state index contributed by atoms with van der Waals surface area (Å²) >= 11 is 1.80. The highest BCUT2D eigenvalue weighted by molar-refractivity contribution is 7.10. The number of rotatable bonds is 7. The van der Waals surface area contributed by atoms with E-state index in [9.17, 15) is 4.79 Å². The molecule has 0 radical (unpaired) electrons. The minimum absolute atomic E-state index is 0.117. The molecule has 1 aromatic rings. The van der Waals surface area contributed by atoms with Crippen LogP contribution in [0.3, 0.4) is 0 Å². The molecule has 0 saturated heterocycles. The number of hydrogen-bond acceptors (Lipinski definition) is 3. The molecule has 1 aliphatic rings. The van der Waals surface area contributed by atoms with Gasteiger partial charge in [-0.2, -0.15) is 0 Å². The summed E-state index contributed by atoms with van der Waals surface area (Å²) in [6.45, 7) is 4.81. The lowest BCUT2D eigenvalue weighted by atomic mass is 9.96. The molecule has 1 saturated carbocycles. The zero-order valence-electron chi connectivity index (χ0n) is 12.5. The first kappa shape index (κ1) is 15.5. The molecule has 1 amide bonds. The number of thiophene rings is 1. The number of carbonyl (C=O) groups is 1. The van der Waals surface area contributed by atoms with Gasteiger partial charge >= 0.3 is 0 Å². The zero-order valence-corrected chi connectivity index (χ0v) is 13.3. The lowest BCUT2D eigenvalue weighted by molar-refractivity contribution is -0.123. The first-order valence-electron chi connectivity index (χ1n) is 7.79. The van der Waals surface area contributed by atoms with E-state index >= 15 is 0 Å². The predicted molar refractivity (Wildman–Crippen MR) is 84.9 cm³/mol. The van der Waals surface area contributed by atoms with Crippen LogP contribution in [0.15, 0.2) is 17.5 Å². The maximum atomic E-state index is 12.1. The molecule has 2 rings (SSSR count). The SMILES string of the molecule is CCCNC(=O)C(C)NC(c1cccs1)C1CCCC1. The van der Waals surface area contributed by atoms with Gasteiger partial charge < -0.3 is 5.32 Å². The highest BCUT2D eigenvalue weighted by Crippen LogP contribution is 2.37. The van der Waals surface area contributed by atoms with Crippen LogP contribution in [-0.4, -0.2) is 18.5 Å². The fourth-order valence-electron chi connectivity index (χ4n) is 2.96. The van der Waals surface area contributed by atoms with Crippen molar-refractivity contribution in [2.24, 2.45) is 5.92 Å². The molecule has 0 aliphatic heterocycles. The Morgan fingerprint density at radius 2 is 2.20 bits per heavy atom. The molecule has 112 valence electrons. The average molecular weight is 294 g/mol. The van der Waals surface area contributed by atoms with E-state index in [0.29, 0.717) is 12.0 Å². The maximum absolute atomic E-state index is 12.1. The van der Waals surface area contributed by atoms with E-state index in [4.69, 9.17) is 0 Å². The fraction of sp³-hybridized carbons (Fsp3) is 0.688. The van der Waals surface area contributed by atoms with Crippen LogP contribution >= 0.6 is 11.3 Å². The van der Waals surface area contributed by atoms with Gasteiger partial charge in [0.1, 0.15) is 0 Å². The highest BCUT2D eigenvalue weighted by Gasteiger charge is 2.29. The van der Waals surface area contributed by atoms with Crippen molar-refractivity contribution < 1.29 is 4.79 Å². The van der Waals surface area contributed by atoms with Crippen molar-refractivity contribution >= 4 is 17.2 Å². The molecule has 20 heavy (non-hydrogen) atoms. The van der Waals surface area contributed by atoms with Crippen molar-refractivity contribution in [3.8, 4) is 0 Å². The lowest BCUT2D eigenvalue weighted by Gasteiger charge is -2.27. The summed E-state index contributed by atoms with van der Waals surface area (Å²) in [5, 5.41) is 8.67. The van der Waals surface area contributed by atoms with E-state index in [1.54, 1.807) is 11.3 Å². The predicted octanol–water partition coefficient (Wildman–Crippen LogP) is 3.48. The van der Waals surface area contributed by atoms with E-state index in [2.05, 4.69) is 35.1 Å². The molecule has 2 atom stereocenters. The molecule has 1 aliphatic carbocycles. The normalized spacial score (nSPS) is 18.9. The fourth-order valence-corrected chi connectivity index (χ4v) is 3.83. The van der Waals surface area contributed by atoms with Gasteiger partial charge in [-0.1, -0.05) is 25.8 Å². The minimum atomic E-state index is -0.130. The number of carbonyl (C=O) groups excluding carboxylic acids is 1. The monoisotopic (exact) mass is 294 g/mol. The lowest BCUT2D eigenvalue weighted by Crippen LogP contribution is -2.45. The summed E-state index contributed by atoms with van der Waals surface area (Å²) in [6, 6.07) is 4.50. The van der Waals surface area contributed by atoms with E-state index in [-0.39, 0.29) is 11.9 Å². The van der Waals surface area contributed by atoms with Crippen LogP contribution in [0.2, 0.25) is 0 Å². The van der Waals surface area contributed by atoms with Gasteiger partial charge in [-0.15, -0.1) is 11.3 Å². The first-order chi connectivity index (χ1) is 9.72. The van der Waals surface area contributed by atoms with Crippen LogP contribution in [0.25, 0.3) is 0 Å². The molecular formula is C16H26N2OS. The van der Waals surface area contributed by atoms with E-state index in [0.717, 1.165) is 13.0 Å². The van der Waals surface area contributed by atoms with Crippen molar-refractivity contribution in [2.45, 2.75) is 58.0 Å². The Morgan fingerprint density at radius 1 is 1.45 bits per heavy atom. The van der Waals surface area contributed by atoms with Gasteiger partial charge in [0.2, 0.25) is 5.91 Å². The first-order valence-corrected chi connectivity index (χ1v) is 8.67. The third-order valence-electron chi connectivity index (χ3n) is 4.09. The van der Waals surface area contributed by atoms with Crippen LogP contribution in [-0.2, 0) is 4.79 Å². The zero-order chi connectivity index (χ0) is 14.4. The van der Waals surface area contributed by atoms with Crippen molar-refractivity contribution in [2.75, 3.05) is 6.54 Å². The molecule has 1 heterocycles. The second-order valence-electron chi connectivity index (χ2n) is 5.72. The molecule has 1 fully saturated rings. The third-order valence-corrected chi connectivity index (χ3v) is 5.05. The Hall–Kier alpha value is -0.870. The summed E-state index contributed by atoms with van der Waals surface area (Å²) in [6.07, 6.45) is 6.18. The van der Waals surface area contributed by atoms with Gasteiger partial charge in [0.05, 0.1) is 6.04 Å². The van der Waals surface area contributed by atoms with Gasteiger partial charge in [0.25, 0.3) is 0 Å². The van der Waals surface area contributed by atoms with Gasteiger partial charge in [0, 0.05) is 17.5 Å². The highest BCUT2D eigenvalue weighted by atomic mass is 32.1. The van der Waals surface area contributed by atoms with E-state index in [1.807, 2.05) is 6.92 Å². The second-order valence-corrected chi connectivity index (χ2v) is 6.70. The summed E-state index contributed by atoms with van der Waals surface area (Å²) in [5.74, 6) is 0.793. The van der Waals surface area contributed by atoms with Gasteiger partial charge in [0.15, 0.2) is 0 Å². The smallest absolute Gasteiger partial charge is 0.236 e. The maximum Gasteiger partial charge on any atom is 0.236 e. The Morgan fingerprint density at radius 3 is 2.80 bits per heavy atom. The molecule has 0 aromatic carbocycles. The third kappa shape index (κ3) is 4.06. The summed E-state index contributed by atoms with van der Waals surface area (Å²) < 4.78 is 0. The van der Waals surface area contributed by atoms with Crippen LogP contribution < -0.4 is 10.6 Å². The van der Waals surface area contributed by atoms with E-state index < -0.39 is 0 Å². The Labute approximate surface area is 126 Å². The van der Waals surface area contributed by atoms with Crippen molar-refractivity contribution in [3.63, 3.8) is 0 Å². The molecule has 3 nitrogen and oxygen atoms in total. The van der Waals surface area contributed by atoms with Crippen LogP contribution in [0.1, 0.15) is 56.9 Å². The van der Waals surface area contributed by atoms with Gasteiger partial charge in [-0.25, -0.2) is 0 Å². The molecule has 2 N–H and O–H groups in total. The molecule has 4 heteroatoms. The molecule has 2 unspecified atom stereocenters. The molecule has 0 bridgehead atoms. The Bertz CT molecular complexity index is 399. The van der Waals surface area contributed by atoms with Crippen molar-refractivity contribution in [1.29, 1.82) is 0 Å². The largest absolute Gasteiger partial charge is 0.355 e. The average Bonchev–Trinajstić information content (AvgIpc) is 3.14. The molecular weight excluding hydrogens is 268 g/mol. The number of amides is 1. The molecule has 0 spiro atoms. The molecule has 1 aromatic heterocycles. The Kier molecular flexibility index (Phi) is 6.05. The van der Waals surface area contributed by atoms with Crippen LogP contribution in [0.5, 0.6) is 0 Å². The summed E-state index contributed by atoms with van der Waals surface area (Å²) in [4.78, 5) is 13.4. The minimum Gasteiger partial charge on any atom is -0.355 e. The van der Waals surface area contributed by atoms with Crippen molar-refractivity contribution in [1.82, 2.24) is 10.6 Å². The Balaban J connectivity index is 1.98. The summed E-state index contributed by atoms with van der Waals surface area (Å²) in [7, 11) is 0. The van der Waals surface area contributed by atoms with Gasteiger partial charge in [-0.3, -0.25) is 10.1 Å². The van der Waals surface area contributed by atoms with Crippen LogP contribution in [0.4, 0.5) is 0 Å². The van der Waals surface area contributed by atoms with Crippen LogP contribution in [0, 0.1) is 5.92 Å². The van der Waals surface area contributed by atoms with E-state index in [1.165, 1.54) is 30.6 Å². The number of hydrogen-bond donors (Lipinski definition) is 2. The quantitative estimate of drug-likeness (QED) is 0.808. The van der Waals surface area contributed by atoms with Crippen molar-refractivity contribution in [3.05, 3.63) is 22.4 Å². The topological polar surface area (TPSA) is 41.1 Å².